The van der Waals surface area contributed by atoms with E-state index in [0.717, 1.165) is 31.6 Å². The van der Waals surface area contributed by atoms with Gasteiger partial charge in [0.1, 0.15) is 5.02 Å². The number of nitrogens with zero attached hydrogens (tertiary/aromatic N) is 3. The molecule has 0 atom stereocenters. The number of halogens is 1. The number of amides is 1. The molecule has 134 valence electrons. The summed E-state index contributed by atoms with van der Waals surface area (Å²) in [5.74, 6) is 0.262. The second-order valence-corrected chi connectivity index (χ2v) is 7.29. The molecule has 1 amide bonds. The van der Waals surface area contributed by atoms with Gasteiger partial charge in [0.25, 0.3) is 11.8 Å². The minimum Gasteiger partial charge on any atom is -0.459 e. The van der Waals surface area contributed by atoms with E-state index < -0.39 is 5.60 Å². The maximum absolute atomic E-state index is 12.9. The molecule has 1 aromatic heterocycles. The number of hydrogen-bond acceptors (Lipinski definition) is 3. The number of carbonyl (C=O) groups excluding carboxylic acids is 1. The Hall–Kier alpha value is -2.01. The number of para-hydroxylation sites is 1. The molecule has 2 aromatic rings. The van der Waals surface area contributed by atoms with Gasteiger partial charge in [0.15, 0.2) is 5.60 Å². The van der Waals surface area contributed by atoms with E-state index in [-0.39, 0.29) is 11.8 Å². The summed E-state index contributed by atoms with van der Waals surface area (Å²) in [6.07, 6.45) is 6.14. The number of ether oxygens (including phenoxy) is 1. The molecule has 0 spiro atoms. The van der Waals surface area contributed by atoms with Crippen LogP contribution >= 0.6 is 11.6 Å². The first-order valence-corrected chi connectivity index (χ1v) is 9.14. The molecule has 1 aliphatic heterocycles. The van der Waals surface area contributed by atoms with E-state index in [9.17, 15) is 4.79 Å². The Morgan fingerprint density at radius 1 is 1.12 bits per heavy atom. The van der Waals surface area contributed by atoms with E-state index in [1.807, 2.05) is 35.2 Å². The van der Waals surface area contributed by atoms with Crippen molar-refractivity contribution in [3.8, 4) is 11.6 Å². The lowest BCUT2D eigenvalue weighted by molar-refractivity contribution is -0.145. The van der Waals surface area contributed by atoms with Crippen molar-refractivity contribution >= 4 is 17.5 Å². The second kappa shape index (κ2) is 7.48. The molecule has 0 aliphatic carbocycles. The predicted octanol–water partition coefficient (Wildman–Crippen LogP) is 4.09. The fraction of sp³-hybridized carbons (Fsp3) is 0.474. The summed E-state index contributed by atoms with van der Waals surface area (Å²) in [6, 6.07) is 9.66. The number of likely N-dealkylation sites (tertiary alicyclic amines) is 1. The van der Waals surface area contributed by atoms with Gasteiger partial charge in [-0.25, -0.2) is 4.68 Å². The van der Waals surface area contributed by atoms with Crippen molar-refractivity contribution < 1.29 is 9.53 Å². The van der Waals surface area contributed by atoms with Crippen LogP contribution in [0.1, 0.15) is 39.5 Å². The van der Waals surface area contributed by atoms with E-state index in [1.165, 1.54) is 12.8 Å². The number of benzene rings is 1. The Morgan fingerprint density at radius 2 is 1.76 bits per heavy atom. The van der Waals surface area contributed by atoms with Crippen LogP contribution < -0.4 is 4.74 Å². The Labute approximate surface area is 153 Å². The van der Waals surface area contributed by atoms with Gasteiger partial charge in [-0.05, 0) is 38.8 Å². The molecule has 1 saturated heterocycles. The molecule has 1 aliphatic rings. The molecule has 0 unspecified atom stereocenters. The average Bonchev–Trinajstić information content (AvgIpc) is 2.80. The first-order chi connectivity index (χ1) is 12.0. The van der Waals surface area contributed by atoms with Crippen molar-refractivity contribution in [2.75, 3.05) is 13.1 Å². The average molecular weight is 362 g/mol. The van der Waals surface area contributed by atoms with Crippen molar-refractivity contribution in [2.45, 2.75) is 45.1 Å². The zero-order valence-corrected chi connectivity index (χ0v) is 15.5. The van der Waals surface area contributed by atoms with Gasteiger partial charge in [0, 0.05) is 13.1 Å². The van der Waals surface area contributed by atoms with Crippen LogP contribution in [0.25, 0.3) is 5.69 Å². The Kier molecular flexibility index (Phi) is 5.33. The maximum atomic E-state index is 12.9. The van der Waals surface area contributed by atoms with Crippen LogP contribution in [0.2, 0.25) is 5.02 Å². The molecule has 1 aromatic carbocycles. The quantitative estimate of drug-likeness (QED) is 0.824. The Morgan fingerprint density at radius 3 is 2.40 bits per heavy atom. The fourth-order valence-corrected chi connectivity index (χ4v) is 3.23. The Bertz CT molecular complexity index is 720. The molecule has 6 heteroatoms. The first-order valence-electron chi connectivity index (χ1n) is 8.76. The van der Waals surface area contributed by atoms with Gasteiger partial charge in [-0.3, -0.25) is 4.79 Å². The van der Waals surface area contributed by atoms with E-state index in [0.29, 0.717) is 5.02 Å². The standard InChI is InChI=1S/C19H24ClN3O2/c1-19(2,18(24)22-12-8-3-4-9-13-22)25-17-16(20)14-23(21-17)15-10-6-5-7-11-15/h5-7,10-11,14H,3-4,8-9,12-13H2,1-2H3. The molecule has 2 heterocycles. The van der Waals surface area contributed by atoms with Crippen molar-refractivity contribution in [1.29, 1.82) is 0 Å². The SMILES string of the molecule is CC(C)(Oc1nn(-c2ccccc2)cc1Cl)C(=O)N1CCCCCC1. The van der Waals surface area contributed by atoms with E-state index in [1.54, 1.807) is 24.7 Å². The van der Waals surface area contributed by atoms with Crippen molar-refractivity contribution in [1.82, 2.24) is 14.7 Å². The molecule has 5 nitrogen and oxygen atoms in total. The molecule has 3 rings (SSSR count). The van der Waals surface area contributed by atoms with Gasteiger partial charge in [-0.1, -0.05) is 42.6 Å². The monoisotopic (exact) mass is 361 g/mol. The molecular formula is C19H24ClN3O2. The predicted molar refractivity (Wildman–Crippen MR) is 98.3 cm³/mol. The van der Waals surface area contributed by atoms with Gasteiger partial charge in [0.2, 0.25) is 0 Å². The molecule has 0 N–H and O–H groups in total. The molecule has 0 bridgehead atoms. The Balaban J connectivity index is 1.76. The second-order valence-electron chi connectivity index (χ2n) is 6.88. The zero-order chi connectivity index (χ0) is 17.9. The van der Waals surface area contributed by atoms with Gasteiger partial charge < -0.3 is 9.64 Å². The van der Waals surface area contributed by atoms with Crippen LogP contribution in [-0.2, 0) is 4.79 Å². The largest absolute Gasteiger partial charge is 0.459 e. The van der Waals surface area contributed by atoms with Crippen LogP contribution in [-0.4, -0.2) is 39.3 Å². The third-order valence-electron chi connectivity index (χ3n) is 4.42. The molecule has 25 heavy (non-hydrogen) atoms. The zero-order valence-electron chi connectivity index (χ0n) is 14.7. The first kappa shape index (κ1) is 17.8. The number of hydrogen-bond donors (Lipinski definition) is 0. The van der Waals surface area contributed by atoms with Gasteiger partial charge in [-0.2, -0.15) is 0 Å². The van der Waals surface area contributed by atoms with Crippen LogP contribution in [0.4, 0.5) is 0 Å². The van der Waals surface area contributed by atoms with E-state index >= 15 is 0 Å². The van der Waals surface area contributed by atoms with E-state index in [4.69, 9.17) is 16.3 Å². The third-order valence-corrected chi connectivity index (χ3v) is 4.68. The molecular weight excluding hydrogens is 338 g/mol. The summed E-state index contributed by atoms with van der Waals surface area (Å²) in [6.45, 7) is 5.13. The number of carbonyl (C=O) groups is 1. The number of rotatable bonds is 4. The highest BCUT2D eigenvalue weighted by Gasteiger charge is 2.35. The topological polar surface area (TPSA) is 47.4 Å². The summed E-state index contributed by atoms with van der Waals surface area (Å²) in [5.41, 5.74) is -0.125. The normalized spacial score (nSPS) is 15.7. The third kappa shape index (κ3) is 4.15. The van der Waals surface area contributed by atoms with E-state index in [2.05, 4.69) is 5.10 Å². The lowest BCUT2D eigenvalue weighted by Gasteiger charge is -2.31. The number of aromatic nitrogens is 2. The lowest BCUT2D eigenvalue weighted by Crippen LogP contribution is -2.49. The van der Waals surface area contributed by atoms with Crippen LogP contribution in [0, 0.1) is 0 Å². The summed E-state index contributed by atoms with van der Waals surface area (Å²) in [7, 11) is 0. The van der Waals surface area contributed by atoms with Gasteiger partial charge in [0.05, 0.1) is 11.9 Å². The molecule has 1 fully saturated rings. The van der Waals surface area contributed by atoms with Crippen molar-refractivity contribution in [2.24, 2.45) is 0 Å². The highest BCUT2D eigenvalue weighted by molar-refractivity contribution is 6.31. The summed E-state index contributed by atoms with van der Waals surface area (Å²) < 4.78 is 7.59. The lowest BCUT2D eigenvalue weighted by atomic mass is 10.1. The fourth-order valence-electron chi connectivity index (χ4n) is 3.06. The van der Waals surface area contributed by atoms with Crippen LogP contribution in [0.5, 0.6) is 5.88 Å². The minimum atomic E-state index is -1.01. The summed E-state index contributed by atoms with van der Waals surface area (Å²) in [4.78, 5) is 14.8. The molecule has 0 radical (unpaired) electrons. The highest BCUT2D eigenvalue weighted by Crippen LogP contribution is 2.28. The summed E-state index contributed by atoms with van der Waals surface area (Å²) >= 11 is 6.28. The van der Waals surface area contributed by atoms with Crippen LogP contribution in [0.15, 0.2) is 36.5 Å². The van der Waals surface area contributed by atoms with Gasteiger partial charge >= 0.3 is 0 Å². The van der Waals surface area contributed by atoms with Crippen LogP contribution in [0.3, 0.4) is 0 Å². The maximum Gasteiger partial charge on any atom is 0.266 e. The summed E-state index contributed by atoms with van der Waals surface area (Å²) in [5, 5.41) is 4.79. The van der Waals surface area contributed by atoms with Crippen molar-refractivity contribution in [3.05, 3.63) is 41.6 Å². The highest BCUT2D eigenvalue weighted by atomic mass is 35.5. The smallest absolute Gasteiger partial charge is 0.266 e. The minimum absolute atomic E-state index is 0.0141. The van der Waals surface area contributed by atoms with Gasteiger partial charge in [-0.15, -0.1) is 5.10 Å². The van der Waals surface area contributed by atoms with Crippen molar-refractivity contribution in [3.63, 3.8) is 0 Å². The molecule has 0 saturated carbocycles.